The van der Waals surface area contributed by atoms with Crippen LogP contribution in [0.2, 0.25) is 0 Å². The largest absolute Gasteiger partial charge is 0.393 e. The van der Waals surface area contributed by atoms with E-state index in [1.54, 1.807) is 0 Å². The van der Waals surface area contributed by atoms with Crippen LogP contribution in [0.25, 0.3) is 0 Å². The maximum atomic E-state index is 13.2. The zero-order valence-electron chi connectivity index (χ0n) is 10.2. The lowest BCUT2D eigenvalue weighted by molar-refractivity contribution is -0.0933. The second-order valence-electron chi connectivity index (χ2n) is 4.95. The summed E-state index contributed by atoms with van der Waals surface area (Å²) < 4.78 is 26.4. The summed E-state index contributed by atoms with van der Waals surface area (Å²) in [6.07, 6.45) is 1.90. The lowest BCUT2D eigenvalue weighted by Gasteiger charge is -2.53. The average molecular weight is 240 g/mol. The van der Waals surface area contributed by atoms with Gasteiger partial charge in [0.05, 0.1) is 6.10 Å². The highest BCUT2D eigenvalue weighted by molar-refractivity contribution is 5.28. The summed E-state index contributed by atoms with van der Waals surface area (Å²) in [6, 6.07) is 3.66. The summed E-state index contributed by atoms with van der Waals surface area (Å²) in [5.74, 6) is -1.01. The number of hydrogen-bond donors (Lipinski definition) is 1. The first kappa shape index (κ1) is 12.5. The van der Waals surface area contributed by atoms with Crippen LogP contribution >= 0.6 is 0 Å². The molecule has 94 valence electrons. The normalized spacial score (nSPS) is 26.6. The van der Waals surface area contributed by atoms with E-state index < -0.39 is 11.6 Å². The number of aliphatic hydroxyl groups is 1. The van der Waals surface area contributed by atoms with Crippen LogP contribution in [0.3, 0.4) is 0 Å². The molecule has 0 aromatic heterocycles. The van der Waals surface area contributed by atoms with Crippen LogP contribution in [-0.2, 0) is 0 Å². The van der Waals surface area contributed by atoms with Crippen molar-refractivity contribution in [3.8, 4) is 0 Å². The van der Waals surface area contributed by atoms with Crippen molar-refractivity contribution in [3.63, 3.8) is 0 Å². The van der Waals surface area contributed by atoms with Crippen molar-refractivity contribution in [2.24, 2.45) is 5.41 Å². The molecule has 0 saturated heterocycles. The van der Waals surface area contributed by atoms with Gasteiger partial charge in [-0.3, -0.25) is 0 Å². The van der Waals surface area contributed by atoms with Gasteiger partial charge in [0.2, 0.25) is 0 Å². The number of halogens is 2. The molecule has 1 aliphatic carbocycles. The summed E-state index contributed by atoms with van der Waals surface area (Å²) in [6.45, 7) is 4.04. The lowest BCUT2D eigenvalue weighted by Crippen LogP contribution is -2.50. The number of aliphatic hydroxyl groups excluding tert-OH is 1. The highest BCUT2D eigenvalue weighted by Gasteiger charge is 2.52. The Bertz CT molecular complexity index is 392. The van der Waals surface area contributed by atoms with E-state index in [-0.39, 0.29) is 17.4 Å². The Hall–Kier alpha value is -0.960. The highest BCUT2D eigenvalue weighted by Crippen LogP contribution is 2.57. The third-order valence-corrected chi connectivity index (χ3v) is 4.42. The smallest absolute Gasteiger partial charge is 0.126 e. The van der Waals surface area contributed by atoms with Crippen LogP contribution in [0.1, 0.15) is 44.6 Å². The van der Waals surface area contributed by atoms with Crippen molar-refractivity contribution in [1.29, 1.82) is 0 Å². The van der Waals surface area contributed by atoms with Crippen molar-refractivity contribution in [1.82, 2.24) is 0 Å². The van der Waals surface area contributed by atoms with Gasteiger partial charge < -0.3 is 5.11 Å². The summed E-state index contributed by atoms with van der Waals surface area (Å²) in [5, 5.41) is 9.94. The van der Waals surface area contributed by atoms with Crippen molar-refractivity contribution in [2.45, 2.75) is 45.1 Å². The topological polar surface area (TPSA) is 20.2 Å². The van der Waals surface area contributed by atoms with E-state index >= 15 is 0 Å². The minimum absolute atomic E-state index is 0.0673. The molecule has 2 unspecified atom stereocenters. The van der Waals surface area contributed by atoms with Crippen LogP contribution in [-0.4, -0.2) is 11.2 Å². The van der Waals surface area contributed by atoms with Gasteiger partial charge in [0.1, 0.15) is 11.6 Å². The molecule has 2 atom stereocenters. The van der Waals surface area contributed by atoms with Gasteiger partial charge in [0, 0.05) is 11.5 Å². The zero-order chi connectivity index (χ0) is 12.6. The molecule has 1 saturated carbocycles. The molecule has 0 bridgehead atoms. The Balaban J connectivity index is 2.35. The molecular formula is C14H18F2O. The average Bonchev–Trinajstić information content (AvgIpc) is 2.26. The molecule has 1 aliphatic rings. The summed E-state index contributed by atoms with van der Waals surface area (Å²) in [5.41, 5.74) is 0.469. The van der Waals surface area contributed by atoms with Crippen LogP contribution in [0.5, 0.6) is 0 Å². The molecule has 0 heterocycles. The van der Waals surface area contributed by atoms with E-state index in [0.717, 1.165) is 18.9 Å². The maximum Gasteiger partial charge on any atom is 0.126 e. The van der Waals surface area contributed by atoms with Gasteiger partial charge in [0.15, 0.2) is 0 Å². The van der Waals surface area contributed by atoms with E-state index in [2.05, 4.69) is 0 Å². The van der Waals surface area contributed by atoms with Crippen LogP contribution in [0.15, 0.2) is 18.2 Å². The molecule has 0 radical (unpaired) electrons. The van der Waals surface area contributed by atoms with Crippen LogP contribution in [0.4, 0.5) is 8.78 Å². The number of rotatable bonds is 3. The fraction of sp³-hybridized carbons (Fsp3) is 0.571. The Kier molecular flexibility index (Phi) is 3.21. The monoisotopic (exact) mass is 240 g/mol. The molecular weight excluding hydrogens is 222 g/mol. The Morgan fingerprint density at radius 1 is 1.18 bits per heavy atom. The molecule has 1 fully saturated rings. The van der Waals surface area contributed by atoms with Gasteiger partial charge in [-0.15, -0.1) is 0 Å². The van der Waals surface area contributed by atoms with Gasteiger partial charge in [-0.2, -0.15) is 0 Å². The zero-order valence-corrected chi connectivity index (χ0v) is 10.2. The van der Waals surface area contributed by atoms with Gasteiger partial charge in [-0.05, 0) is 42.9 Å². The molecule has 0 aliphatic heterocycles. The van der Waals surface area contributed by atoms with Gasteiger partial charge in [0.25, 0.3) is 0 Å². The molecule has 1 aromatic rings. The Morgan fingerprint density at radius 2 is 1.71 bits per heavy atom. The quantitative estimate of drug-likeness (QED) is 0.855. The molecule has 1 nitrogen and oxygen atoms in total. The minimum atomic E-state index is -0.539. The summed E-state index contributed by atoms with van der Waals surface area (Å²) in [7, 11) is 0. The minimum Gasteiger partial charge on any atom is -0.393 e. The summed E-state index contributed by atoms with van der Waals surface area (Å²) >= 11 is 0. The number of benzene rings is 1. The maximum absolute atomic E-state index is 13.2. The van der Waals surface area contributed by atoms with Crippen LogP contribution < -0.4 is 0 Å². The van der Waals surface area contributed by atoms with Crippen LogP contribution in [0, 0.1) is 17.0 Å². The van der Waals surface area contributed by atoms with Gasteiger partial charge >= 0.3 is 0 Å². The second-order valence-corrected chi connectivity index (χ2v) is 4.95. The predicted octanol–water partition coefficient (Wildman–Crippen LogP) is 3.62. The van der Waals surface area contributed by atoms with E-state index in [9.17, 15) is 13.9 Å². The van der Waals surface area contributed by atoms with Crippen molar-refractivity contribution in [3.05, 3.63) is 35.4 Å². The van der Waals surface area contributed by atoms with Crippen molar-refractivity contribution < 1.29 is 13.9 Å². The predicted molar refractivity (Wildman–Crippen MR) is 62.7 cm³/mol. The molecule has 17 heavy (non-hydrogen) atoms. The third kappa shape index (κ3) is 1.86. The third-order valence-electron chi connectivity index (χ3n) is 4.42. The standard InChI is InChI=1S/C14H18F2O/c1-3-14(4-2)12(8-13(14)17)9-5-10(15)7-11(16)6-9/h5-7,12-13,17H,3-4,8H2,1-2H3. The van der Waals surface area contributed by atoms with Crippen molar-refractivity contribution >= 4 is 0 Å². The van der Waals surface area contributed by atoms with E-state index in [4.69, 9.17) is 0 Å². The number of hydrogen-bond acceptors (Lipinski definition) is 1. The Morgan fingerprint density at radius 3 is 2.12 bits per heavy atom. The fourth-order valence-electron chi connectivity index (χ4n) is 3.22. The molecule has 3 heteroatoms. The van der Waals surface area contributed by atoms with Gasteiger partial charge in [-0.1, -0.05) is 13.8 Å². The summed E-state index contributed by atoms with van der Waals surface area (Å²) in [4.78, 5) is 0. The first-order chi connectivity index (χ1) is 8.03. The second kappa shape index (κ2) is 4.37. The lowest BCUT2D eigenvalue weighted by atomic mass is 9.53. The molecule has 2 rings (SSSR count). The molecule has 0 amide bonds. The van der Waals surface area contributed by atoms with Crippen molar-refractivity contribution in [2.75, 3.05) is 0 Å². The molecule has 1 N–H and O–H groups in total. The SMILES string of the molecule is CCC1(CC)C(O)CC1c1cc(F)cc(F)c1. The fourth-order valence-corrected chi connectivity index (χ4v) is 3.22. The first-order valence-electron chi connectivity index (χ1n) is 6.17. The van der Waals surface area contributed by atoms with E-state index in [1.165, 1.54) is 12.1 Å². The van der Waals surface area contributed by atoms with E-state index in [1.807, 2.05) is 13.8 Å². The molecule has 1 aromatic carbocycles. The highest BCUT2D eigenvalue weighted by atomic mass is 19.1. The van der Waals surface area contributed by atoms with Gasteiger partial charge in [-0.25, -0.2) is 8.78 Å². The Labute approximate surface area is 100 Å². The van der Waals surface area contributed by atoms with E-state index in [0.29, 0.717) is 12.0 Å². The molecule has 0 spiro atoms. The first-order valence-corrected chi connectivity index (χ1v) is 6.17.